The first-order valence-corrected chi connectivity index (χ1v) is 8.84. The second-order valence-electron chi connectivity index (χ2n) is 6.12. The van der Waals surface area contributed by atoms with Crippen LogP contribution in [-0.2, 0) is 11.3 Å². The molecule has 0 bridgehead atoms. The van der Waals surface area contributed by atoms with E-state index in [2.05, 4.69) is 15.6 Å². The van der Waals surface area contributed by atoms with Gasteiger partial charge in [0.25, 0.3) is 0 Å². The van der Waals surface area contributed by atoms with Crippen LogP contribution in [0.15, 0.2) is 36.5 Å². The van der Waals surface area contributed by atoms with E-state index in [1.165, 1.54) is 0 Å². The normalized spacial score (nSPS) is 15.5. The van der Waals surface area contributed by atoms with Gasteiger partial charge in [0.1, 0.15) is 12.6 Å². The SMILES string of the molecule is O=C(Cn1cc(C2CC2)nn1)NCC(O)c1cc2ccccc2s1. The van der Waals surface area contributed by atoms with E-state index in [-0.39, 0.29) is 19.0 Å². The molecule has 6 nitrogen and oxygen atoms in total. The number of nitrogens with zero attached hydrogens (tertiary/aromatic N) is 3. The lowest BCUT2D eigenvalue weighted by Gasteiger charge is -2.10. The van der Waals surface area contributed by atoms with Crippen LogP contribution in [-0.4, -0.2) is 32.6 Å². The number of aliphatic hydroxyl groups is 1. The summed E-state index contributed by atoms with van der Waals surface area (Å²) in [5.41, 5.74) is 0.966. The van der Waals surface area contributed by atoms with E-state index in [0.717, 1.165) is 33.5 Å². The van der Waals surface area contributed by atoms with Gasteiger partial charge in [0.2, 0.25) is 5.91 Å². The highest BCUT2D eigenvalue weighted by Crippen LogP contribution is 2.38. The average molecular weight is 342 g/mol. The number of benzene rings is 1. The number of nitrogens with one attached hydrogen (secondary N) is 1. The number of aromatic nitrogens is 3. The third kappa shape index (κ3) is 3.32. The molecule has 1 aliphatic carbocycles. The van der Waals surface area contributed by atoms with E-state index in [9.17, 15) is 9.90 Å². The van der Waals surface area contributed by atoms with Crippen LogP contribution in [0.4, 0.5) is 0 Å². The molecular formula is C17H18N4O2S. The van der Waals surface area contributed by atoms with E-state index in [0.29, 0.717) is 5.92 Å². The number of hydrogen-bond acceptors (Lipinski definition) is 5. The van der Waals surface area contributed by atoms with Gasteiger partial charge in [0.05, 0.1) is 5.69 Å². The molecule has 124 valence electrons. The van der Waals surface area contributed by atoms with Crippen molar-refractivity contribution in [2.24, 2.45) is 0 Å². The van der Waals surface area contributed by atoms with Crippen molar-refractivity contribution in [2.45, 2.75) is 31.4 Å². The molecule has 7 heteroatoms. The molecule has 4 rings (SSSR count). The number of thiophene rings is 1. The highest BCUT2D eigenvalue weighted by molar-refractivity contribution is 7.19. The largest absolute Gasteiger partial charge is 0.386 e. The van der Waals surface area contributed by atoms with Crippen LogP contribution in [0.25, 0.3) is 10.1 Å². The Labute approximate surface area is 143 Å². The Morgan fingerprint density at radius 3 is 3.04 bits per heavy atom. The number of aliphatic hydroxyl groups excluding tert-OH is 1. The molecule has 2 N–H and O–H groups in total. The van der Waals surface area contributed by atoms with Crippen molar-refractivity contribution in [3.63, 3.8) is 0 Å². The molecule has 1 amide bonds. The third-order valence-corrected chi connectivity index (χ3v) is 5.34. The summed E-state index contributed by atoms with van der Waals surface area (Å²) in [5.74, 6) is 0.346. The Morgan fingerprint density at radius 1 is 1.42 bits per heavy atom. The molecule has 1 aromatic carbocycles. The molecule has 0 aliphatic heterocycles. The number of amides is 1. The van der Waals surface area contributed by atoms with Gasteiger partial charge in [-0.2, -0.15) is 0 Å². The summed E-state index contributed by atoms with van der Waals surface area (Å²) in [6, 6.07) is 9.96. The van der Waals surface area contributed by atoms with E-state index in [4.69, 9.17) is 0 Å². The Balaban J connectivity index is 1.32. The summed E-state index contributed by atoms with van der Waals surface area (Å²) in [4.78, 5) is 12.9. The molecule has 0 spiro atoms. The fraction of sp³-hybridized carbons (Fsp3) is 0.353. The van der Waals surface area contributed by atoms with Crippen molar-refractivity contribution in [2.75, 3.05) is 6.54 Å². The van der Waals surface area contributed by atoms with E-state index in [1.807, 2.05) is 36.5 Å². The van der Waals surface area contributed by atoms with Crippen LogP contribution >= 0.6 is 11.3 Å². The lowest BCUT2D eigenvalue weighted by Crippen LogP contribution is -2.31. The first-order chi connectivity index (χ1) is 11.7. The van der Waals surface area contributed by atoms with Gasteiger partial charge in [-0.05, 0) is 30.4 Å². The number of hydrogen-bond donors (Lipinski definition) is 2. The highest BCUT2D eigenvalue weighted by Gasteiger charge is 2.26. The van der Waals surface area contributed by atoms with E-state index >= 15 is 0 Å². The Bertz CT molecular complexity index is 835. The van der Waals surface area contributed by atoms with Crippen LogP contribution < -0.4 is 5.32 Å². The maximum atomic E-state index is 12.0. The smallest absolute Gasteiger partial charge is 0.241 e. The fourth-order valence-corrected chi connectivity index (χ4v) is 3.69. The van der Waals surface area contributed by atoms with Crippen molar-refractivity contribution in [1.29, 1.82) is 0 Å². The first-order valence-electron chi connectivity index (χ1n) is 8.02. The van der Waals surface area contributed by atoms with E-state index < -0.39 is 6.10 Å². The minimum Gasteiger partial charge on any atom is -0.386 e. The zero-order chi connectivity index (χ0) is 16.5. The monoisotopic (exact) mass is 342 g/mol. The molecule has 0 saturated heterocycles. The average Bonchev–Trinajstić information content (AvgIpc) is 3.17. The quantitative estimate of drug-likeness (QED) is 0.720. The van der Waals surface area contributed by atoms with Crippen LogP contribution in [0.2, 0.25) is 0 Å². The molecule has 1 aliphatic rings. The molecule has 24 heavy (non-hydrogen) atoms. The fourth-order valence-electron chi connectivity index (χ4n) is 2.64. The second kappa shape index (κ2) is 6.33. The Hall–Kier alpha value is -2.25. The van der Waals surface area contributed by atoms with Crippen molar-refractivity contribution >= 4 is 27.3 Å². The van der Waals surface area contributed by atoms with Gasteiger partial charge < -0.3 is 10.4 Å². The number of fused-ring (bicyclic) bond motifs is 1. The lowest BCUT2D eigenvalue weighted by atomic mass is 10.2. The van der Waals surface area contributed by atoms with Crippen LogP contribution in [0.3, 0.4) is 0 Å². The van der Waals surface area contributed by atoms with Gasteiger partial charge in [-0.1, -0.05) is 23.4 Å². The molecule has 2 aromatic heterocycles. The van der Waals surface area contributed by atoms with Crippen LogP contribution in [0.5, 0.6) is 0 Å². The lowest BCUT2D eigenvalue weighted by molar-refractivity contribution is -0.122. The molecule has 1 atom stereocenters. The van der Waals surface area contributed by atoms with Crippen LogP contribution in [0.1, 0.15) is 35.4 Å². The predicted molar refractivity (Wildman–Crippen MR) is 91.8 cm³/mol. The molecule has 1 saturated carbocycles. The molecule has 3 aromatic rings. The van der Waals surface area contributed by atoms with Gasteiger partial charge in [0, 0.05) is 28.2 Å². The maximum Gasteiger partial charge on any atom is 0.241 e. The summed E-state index contributed by atoms with van der Waals surface area (Å²) in [6.45, 7) is 0.314. The maximum absolute atomic E-state index is 12.0. The minimum absolute atomic E-state index is 0.124. The molecule has 2 heterocycles. The van der Waals surface area contributed by atoms with Gasteiger partial charge in [-0.15, -0.1) is 16.4 Å². The van der Waals surface area contributed by atoms with Gasteiger partial charge in [-0.3, -0.25) is 4.79 Å². The highest BCUT2D eigenvalue weighted by atomic mass is 32.1. The minimum atomic E-state index is -0.705. The summed E-state index contributed by atoms with van der Waals surface area (Å²) in [5, 5.41) is 22.2. The number of rotatable bonds is 6. The van der Waals surface area contributed by atoms with Crippen molar-refractivity contribution in [3.05, 3.63) is 47.1 Å². The van der Waals surface area contributed by atoms with Crippen molar-refractivity contribution in [1.82, 2.24) is 20.3 Å². The Morgan fingerprint density at radius 2 is 2.25 bits per heavy atom. The third-order valence-electron chi connectivity index (χ3n) is 4.12. The molecule has 1 fully saturated rings. The van der Waals surface area contributed by atoms with E-state index in [1.54, 1.807) is 16.0 Å². The zero-order valence-electron chi connectivity index (χ0n) is 13.1. The summed E-state index contributed by atoms with van der Waals surface area (Å²) < 4.78 is 2.68. The summed E-state index contributed by atoms with van der Waals surface area (Å²) >= 11 is 1.55. The number of carbonyl (C=O) groups is 1. The van der Waals surface area contributed by atoms with Crippen molar-refractivity contribution in [3.8, 4) is 0 Å². The predicted octanol–water partition coefficient (Wildman–Crippen LogP) is 2.22. The van der Waals surface area contributed by atoms with Gasteiger partial charge in [0.15, 0.2) is 0 Å². The van der Waals surface area contributed by atoms with Gasteiger partial charge >= 0.3 is 0 Å². The zero-order valence-corrected chi connectivity index (χ0v) is 13.9. The summed E-state index contributed by atoms with van der Waals surface area (Å²) in [7, 11) is 0. The molecular weight excluding hydrogens is 324 g/mol. The van der Waals surface area contributed by atoms with Crippen molar-refractivity contribution < 1.29 is 9.90 Å². The standard InChI is InChI=1S/C17H18N4O2S/c22-14(16-7-12-3-1-2-4-15(12)24-16)8-18-17(23)10-21-9-13(19-20-21)11-5-6-11/h1-4,7,9,11,14,22H,5-6,8,10H2,(H,18,23). The molecule has 1 unspecified atom stereocenters. The van der Waals surface area contributed by atoms with Gasteiger partial charge in [-0.25, -0.2) is 4.68 Å². The summed E-state index contributed by atoms with van der Waals surface area (Å²) in [6.07, 6.45) is 3.45. The molecule has 0 radical (unpaired) electrons. The Kier molecular flexibility index (Phi) is 4.03. The number of carbonyl (C=O) groups excluding carboxylic acids is 1. The van der Waals surface area contributed by atoms with Crippen LogP contribution in [0, 0.1) is 0 Å². The topological polar surface area (TPSA) is 80.0 Å². The second-order valence-corrected chi connectivity index (χ2v) is 7.24. The first kappa shape index (κ1) is 15.3.